The van der Waals surface area contributed by atoms with E-state index in [0.29, 0.717) is 5.69 Å². The van der Waals surface area contributed by atoms with Crippen molar-refractivity contribution in [2.75, 3.05) is 10.6 Å². The first-order valence-corrected chi connectivity index (χ1v) is 6.20. The third-order valence-corrected chi connectivity index (χ3v) is 2.69. The molecule has 4 amide bonds. The van der Waals surface area contributed by atoms with Gasteiger partial charge in [-0.2, -0.15) is 0 Å². The maximum atomic E-state index is 11.6. The molecule has 4 N–H and O–H groups in total. The molecule has 0 unspecified atom stereocenters. The van der Waals surface area contributed by atoms with Crippen LogP contribution in [0.5, 0.6) is 0 Å². The summed E-state index contributed by atoms with van der Waals surface area (Å²) >= 11 is 8.80. The van der Waals surface area contributed by atoms with Crippen molar-refractivity contribution in [3.05, 3.63) is 28.8 Å². The highest BCUT2D eigenvalue weighted by Gasteiger charge is 2.13. The third-order valence-electron chi connectivity index (χ3n) is 1.85. The summed E-state index contributed by atoms with van der Waals surface area (Å²) in [5, 5.41) is 4.68. The molecule has 0 aliphatic rings. The number of carbonyl (C=O) groups is 3. The van der Waals surface area contributed by atoms with Crippen LogP contribution in [0.1, 0.15) is 10.4 Å². The number of imide groups is 1. The summed E-state index contributed by atoms with van der Waals surface area (Å²) in [6.07, 6.45) is 0. The number of anilines is 1. The van der Waals surface area contributed by atoms with Crippen LogP contribution in [0.25, 0.3) is 0 Å². The van der Waals surface area contributed by atoms with Gasteiger partial charge in [-0.05, 0) is 18.2 Å². The van der Waals surface area contributed by atoms with Gasteiger partial charge in [-0.15, -0.1) is 0 Å². The summed E-state index contributed by atoms with van der Waals surface area (Å²) in [6, 6.07) is 3.33. The van der Waals surface area contributed by atoms with Gasteiger partial charge in [-0.25, -0.2) is 4.79 Å². The van der Waals surface area contributed by atoms with Crippen molar-refractivity contribution in [2.45, 2.75) is 0 Å². The van der Waals surface area contributed by atoms with Crippen LogP contribution < -0.4 is 16.4 Å². The third kappa shape index (κ3) is 4.01. The molecule has 96 valence electrons. The van der Waals surface area contributed by atoms with Gasteiger partial charge < -0.3 is 11.1 Å². The van der Waals surface area contributed by atoms with Crippen LogP contribution in [0.15, 0.2) is 18.2 Å². The molecule has 0 aliphatic heterocycles. The lowest BCUT2D eigenvalue weighted by Crippen LogP contribution is -2.35. The molecule has 0 saturated heterocycles. The molecule has 1 aromatic carbocycles. The summed E-state index contributed by atoms with van der Waals surface area (Å²) in [4.78, 5) is 33.3. The van der Waals surface area contributed by atoms with E-state index >= 15 is 0 Å². The van der Waals surface area contributed by atoms with Crippen molar-refractivity contribution in [2.24, 2.45) is 5.73 Å². The second-order valence-electron chi connectivity index (χ2n) is 3.19. The van der Waals surface area contributed by atoms with Gasteiger partial charge in [0, 0.05) is 5.69 Å². The van der Waals surface area contributed by atoms with Crippen molar-refractivity contribution < 1.29 is 14.4 Å². The van der Waals surface area contributed by atoms with Crippen LogP contribution >= 0.6 is 27.5 Å². The molecule has 0 aromatic heterocycles. The van der Waals surface area contributed by atoms with E-state index in [4.69, 9.17) is 17.3 Å². The summed E-state index contributed by atoms with van der Waals surface area (Å²) in [6.45, 7) is 0. The Bertz CT molecular complexity index is 507. The molecule has 0 fully saturated rings. The van der Waals surface area contributed by atoms with Crippen molar-refractivity contribution in [3.8, 4) is 0 Å². The van der Waals surface area contributed by atoms with E-state index in [1.54, 1.807) is 0 Å². The second-order valence-corrected chi connectivity index (χ2v) is 4.16. The average molecular weight is 335 g/mol. The molecular formula is C10H9BrClN3O3. The molecule has 8 heteroatoms. The normalized spacial score (nSPS) is 9.67. The maximum Gasteiger partial charge on any atom is 0.319 e. The van der Waals surface area contributed by atoms with Gasteiger partial charge in [-0.1, -0.05) is 27.5 Å². The lowest BCUT2D eigenvalue weighted by Gasteiger charge is -2.07. The summed E-state index contributed by atoms with van der Waals surface area (Å²) in [7, 11) is 0. The summed E-state index contributed by atoms with van der Waals surface area (Å²) in [5.41, 5.74) is 5.26. The first-order valence-electron chi connectivity index (χ1n) is 4.70. The number of hydrogen-bond donors (Lipinski definition) is 3. The van der Waals surface area contributed by atoms with Crippen molar-refractivity contribution in [1.29, 1.82) is 0 Å². The maximum absolute atomic E-state index is 11.6. The van der Waals surface area contributed by atoms with Gasteiger partial charge >= 0.3 is 6.03 Å². The highest BCUT2D eigenvalue weighted by molar-refractivity contribution is 9.09. The first-order chi connectivity index (χ1) is 8.43. The number of carbonyl (C=O) groups excluding carboxylic acids is 3. The number of alkyl halides is 1. The zero-order valence-electron chi connectivity index (χ0n) is 9.00. The number of benzene rings is 1. The minimum atomic E-state index is -0.981. The number of primary amides is 1. The van der Waals surface area contributed by atoms with Gasteiger partial charge in [0.15, 0.2) is 0 Å². The molecular weight excluding hydrogens is 325 g/mol. The van der Waals surface area contributed by atoms with E-state index in [1.807, 2.05) is 5.32 Å². The van der Waals surface area contributed by atoms with Gasteiger partial charge in [-0.3, -0.25) is 14.9 Å². The second kappa shape index (κ2) is 6.36. The molecule has 18 heavy (non-hydrogen) atoms. The van der Waals surface area contributed by atoms with Gasteiger partial charge in [0.2, 0.25) is 5.91 Å². The molecule has 1 aromatic rings. The number of amides is 4. The van der Waals surface area contributed by atoms with Gasteiger partial charge in [0.05, 0.1) is 15.9 Å². The number of hydrogen-bond acceptors (Lipinski definition) is 3. The fraction of sp³-hybridized carbons (Fsp3) is 0.100. The topological polar surface area (TPSA) is 101 Å². The number of urea groups is 1. The van der Waals surface area contributed by atoms with E-state index in [2.05, 4.69) is 21.2 Å². The molecule has 0 saturated carbocycles. The van der Waals surface area contributed by atoms with E-state index in [9.17, 15) is 14.4 Å². The fourth-order valence-electron chi connectivity index (χ4n) is 1.15. The minimum absolute atomic E-state index is 0.0443. The van der Waals surface area contributed by atoms with E-state index in [-0.39, 0.29) is 21.8 Å². The van der Waals surface area contributed by atoms with Crippen LogP contribution in [-0.4, -0.2) is 23.2 Å². The van der Waals surface area contributed by atoms with Gasteiger partial charge in [0.1, 0.15) is 0 Å². The zero-order chi connectivity index (χ0) is 13.7. The smallest absolute Gasteiger partial charge is 0.319 e. The highest BCUT2D eigenvalue weighted by Crippen LogP contribution is 2.20. The molecule has 0 spiro atoms. The van der Waals surface area contributed by atoms with Crippen LogP contribution in [0, 0.1) is 0 Å². The van der Waals surface area contributed by atoms with Crippen molar-refractivity contribution >= 4 is 51.1 Å². The highest BCUT2D eigenvalue weighted by atomic mass is 79.9. The Kier molecular flexibility index (Phi) is 5.11. The quantitative estimate of drug-likeness (QED) is 0.730. The summed E-state index contributed by atoms with van der Waals surface area (Å²) < 4.78 is 0. The van der Waals surface area contributed by atoms with Crippen molar-refractivity contribution in [1.82, 2.24) is 5.32 Å². The number of nitrogens with one attached hydrogen (secondary N) is 2. The van der Waals surface area contributed by atoms with Crippen LogP contribution in [0.4, 0.5) is 10.5 Å². The van der Waals surface area contributed by atoms with Crippen LogP contribution in [0.2, 0.25) is 5.02 Å². The minimum Gasteiger partial charge on any atom is -0.351 e. The Hall–Kier alpha value is -1.60. The standard InChI is InChI=1S/C10H9BrClN3O3/c11-4-8(16)14-5-1-2-7(12)6(3-5)9(17)15-10(13)18/h1-3H,4H2,(H,14,16)(H3,13,15,17,18). The Morgan fingerprint density at radius 3 is 2.56 bits per heavy atom. The zero-order valence-corrected chi connectivity index (χ0v) is 11.3. The predicted molar refractivity (Wildman–Crippen MR) is 70.9 cm³/mol. The van der Waals surface area contributed by atoms with E-state index in [0.717, 1.165) is 0 Å². The molecule has 0 radical (unpaired) electrons. The van der Waals surface area contributed by atoms with Crippen LogP contribution in [0.3, 0.4) is 0 Å². The largest absolute Gasteiger partial charge is 0.351 e. The number of halogens is 2. The summed E-state index contributed by atoms with van der Waals surface area (Å²) in [5.74, 6) is -1.01. The molecule has 0 bridgehead atoms. The number of nitrogens with two attached hydrogens (primary N) is 1. The van der Waals surface area contributed by atoms with Gasteiger partial charge in [0.25, 0.3) is 5.91 Å². The predicted octanol–water partition coefficient (Wildman–Crippen LogP) is 1.48. The Labute approximate surface area is 116 Å². The van der Waals surface area contributed by atoms with Crippen LogP contribution in [-0.2, 0) is 4.79 Å². The molecule has 0 aliphatic carbocycles. The number of rotatable bonds is 3. The Morgan fingerprint density at radius 2 is 2.00 bits per heavy atom. The SMILES string of the molecule is NC(=O)NC(=O)c1cc(NC(=O)CBr)ccc1Cl. The molecule has 0 atom stereocenters. The molecule has 0 heterocycles. The van der Waals surface area contributed by atoms with Crippen molar-refractivity contribution in [3.63, 3.8) is 0 Å². The molecule has 1 rings (SSSR count). The van der Waals surface area contributed by atoms with E-state index in [1.165, 1.54) is 18.2 Å². The Balaban J connectivity index is 2.97. The lowest BCUT2D eigenvalue weighted by molar-refractivity contribution is -0.113. The fourth-order valence-corrected chi connectivity index (χ4v) is 1.49. The van der Waals surface area contributed by atoms with E-state index < -0.39 is 11.9 Å². The monoisotopic (exact) mass is 333 g/mol. The average Bonchev–Trinajstić information content (AvgIpc) is 2.30. The Morgan fingerprint density at radius 1 is 1.33 bits per heavy atom. The molecule has 6 nitrogen and oxygen atoms in total. The lowest BCUT2D eigenvalue weighted by atomic mass is 10.2. The first kappa shape index (κ1) is 14.5.